The van der Waals surface area contributed by atoms with Gasteiger partial charge >= 0.3 is 0 Å². The maximum Gasteiger partial charge on any atom is 0.262 e. The molecule has 0 saturated carbocycles. The summed E-state index contributed by atoms with van der Waals surface area (Å²) in [5.74, 6) is -0.0117. The molecule has 0 aromatic carbocycles. The van der Waals surface area contributed by atoms with Crippen molar-refractivity contribution in [1.29, 1.82) is 0 Å². The number of nitrogens with one attached hydrogen (secondary N) is 1. The largest absolute Gasteiger partial charge is 0.346 e. The molecule has 0 aliphatic carbocycles. The maximum absolute atomic E-state index is 11.9. The molecule has 2 aromatic rings. The molecule has 2 aromatic heterocycles. The molecule has 0 atom stereocenters. The molecule has 0 bridgehead atoms. The molecule has 0 spiro atoms. The average Bonchev–Trinajstić information content (AvgIpc) is 2.94. The molecule has 1 amide bonds. The van der Waals surface area contributed by atoms with Crippen molar-refractivity contribution in [2.75, 3.05) is 0 Å². The normalized spacial score (nSPS) is 10.5. The molecule has 0 saturated heterocycles. The monoisotopic (exact) mass is 329 g/mol. The van der Waals surface area contributed by atoms with Crippen molar-refractivity contribution in [3.8, 4) is 0 Å². The Morgan fingerprint density at radius 2 is 2.12 bits per heavy atom. The Bertz CT molecular complexity index is 518. The van der Waals surface area contributed by atoms with Crippen molar-refractivity contribution in [2.45, 2.75) is 19.9 Å². The van der Waals surface area contributed by atoms with E-state index in [9.17, 15) is 4.79 Å². The van der Waals surface area contributed by atoms with E-state index < -0.39 is 0 Å². The molecule has 0 aliphatic rings. The van der Waals surface area contributed by atoms with E-state index in [1.54, 1.807) is 11.3 Å². The number of amides is 1. The predicted molar refractivity (Wildman–Crippen MR) is 76.9 cm³/mol. The van der Waals surface area contributed by atoms with E-state index in [0.29, 0.717) is 6.54 Å². The topological polar surface area (TPSA) is 29.1 Å². The van der Waals surface area contributed by atoms with Gasteiger partial charge in [-0.05, 0) is 50.8 Å². The first-order valence-corrected chi connectivity index (χ1v) is 7.84. The second-order valence-electron chi connectivity index (χ2n) is 3.50. The lowest BCUT2D eigenvalue weighted by molar-refractivity contribution is 0.0954. The molecule has 2 nitrogen and oxygen atoms in total. The molecule has 0 radical (unpaired) electrons. The summed E-state index contributed by atoms with van der Waals surface area (Å²) in [4.78, 5) is 13.9. The number of carbonyl (C=O) groups is 1. The highest BCUT2D eigenvalue weighted by atomic mass is 79.9. The Morgan fingerprint density at radius 1 is 1.35 bits per heavy atom. The zero-order valence-electron chi connectivity index (χ0n) is 9.33. The zero-order valence-corrected chi connectivity index (χ0v) is 12.5. The van der Waals surface area contributed by atoms with Gasteiger partial charge in [0, 0.05) is 9.35 Å². The van der Waals surface area contributed by atoms with Crippen LogP contribution in [-0.4, -0.2) is 5.91 Å². The van der Waals surface area contributed by atoms with Crippen LogP contribution < -0.4 is 5.32 Å². The second-order valence-corrected chi connectivity index (χ2v) is 6.27. The number of thiophene rings is 2. The van der Waals surface area contributed by atoms with Crippen LogP contribution in [0.3, 0.4) is 0 Å². The first-order valence-electron chi connectivity index (χ1n) is 5.28. The lowest BCUT2D eigenvalue weighted by Crippen LogP contribution is -2.22. The fourth-order valence-corrected chi connectivity index (χ4v) is 3.92. The van der Waals surface area contributed by atoms with E-state index in [1.165, 1.54) is 21.8 Å². The fraction of sp³-hybridized carbons (Fsp3) is 0.250. The Morgan fingerprint density at radius 3 is 2.76 bits per heavy atom. The summed E-state index contributed by atoms with van der Waals surface area (Å²) in [6.07, 6.45) is 1.01. The van der Waals surface area contributed by atoms with Gasteiger partial charge in [0.05, 0.1) is 6.54 Å². The van der Waals surface area contributed by atoms with E-state index in [2.05, 4.69) is 39.6 Å². The van der Waals surface area contributed by atoms with Crippen molar-refractivity contribution in [3.05, 3.63) is 42.7 Å². The number of rotatable bonds is 4. The molecule has 90 valence electrons. The molecule has 0 unspecified atom stereocenters. The summed E-state index contributed by atoms with van der Waals surface area (Å²) in [5.41, 5.74) is 1.32. The Hall–Kier alpha value is -0.650. The number of hydrogen-bond donors (Lipinski definition) is 1. The average molecular weight is 330 g/mol. The van der Waals surface area contributed by atoms with Crippen LogP contribution in [-0.2, 0) is 13.0 Å². The van der Waals surface area contributed by atoms with Crippen LogP contribution in [0.1, 0.15) is 27.0 Å². The van der Waals surface area contributed by atoms with Gasteiger partial charge < -0.3 is 5.32 Å². The van der Waals surface area contributed by atoms with Gasteiger partial charge in [-0.15, -0.1) is 22.7 Å². The van der Waals surface area contributed by atoms with Gasteiger partial charge in [-0.3, -0.25) is 4.79 Å². The zero-order chi connectivity index (χ0) is 12.3. The number of halogens is 1. The SMILES string of the molecule is CCc1ccsc1CNC(=O)c1sccc1Br. The molecule has 2 rings (SSSR count). The van der Waals surface area contributed by atoms with Gasteiger partial charge in [-0.25, -0.2) is 0 Å². The Labute approximate surface area is 117 Å². The van der Waals surface area contributed by atoms with Gasteiger partial charge in [0.1, 0.15) is 4.88 Å². The van der Waals surface area contributed by atoms with Gasteiger partial charge in [-0.1, -0.05) is 6.92 Å². The minimum absolute atomic E-state index is 0.0117. The third kappa shape index (κ3) is 2.97. The summed E-state index contributed by atoms with van der Waals surface area (Å²) in [6, 6.07) is 4.01. The minimum atomic E-state index is -0.0117. The summed E-state index contributed by atoms with van der Waals surface area (Å²) < 4.78 is 0.863. The second kappa shape index (κ2) is 5.80. The van der Waals surface area contributed by atoms with Gasteiger partial charge in [0.15, 0.2) is 0 Å². The lowest BCUT2D eigenvalue weighted by Gasteiger charge is -2.04. The number of hydrogen-bond acceptors (Lipinski definition) is 3. The molecule has 5 heteroatoms. The third-order valence-electron chi connectivity index (χ3n) is 2.45. The van der Waals surface area contributed by atoms with Crippen molar-refractivity contribution >= 4 is 44.5 Å². The van der Waals surface area contributed by atoms with Crippen LogP contribution in [0.25, 0.3) is 0 Å². The molecular weight excluding hydrogens is 318 g/mol. The van der Waals surface area contributed by atoms with Gasteiger partial charge in [0.2, 0.25) is 0 Å². The minimum Gasteiger partial charge on any atom is -0.346 e. The fourth-order valence-electron chi connectivity index (χ4n) is 1.53. The van der Waals surface area contributed by atoms with Crippen LogP contribution in [0.4, 0.5) is 0 Å². The predicted octanol–water partition coefficient (Wildman–Crippen LogP) is 4.06. The van der Waals surface area contributed by atoms with Crippen LogP contribution in [0.5, 0.6) is 0 Å². The van der Waals surface area contributed by atoms with Crippen molar-refractivity contribution in [2.24, 2.45) is 0 Å². The molecule has 0 fully saturated rings. The summed E-state index contributed by atoms with van der Waals surface area (Å²) >= 11 is 6.51. The molecule has 0 aliphatic heterocycles. The lowest BCUT2D eigenvalue weighted by atomic mass is 10.2. The smallest absolute Gasteiger partial charge is 0.262 e. The molecule has 17 heavy (non-hydrogen) atoms. The van der Waals surface area contributed by atoms with Crippen LogP contribution in [0.2, 0.25) is 0 Å². The van der Waals surface area contributed by atoms with Crippen LogP contribution >= 0.6 is 38.6 Å². The van der Waals surface area contributed by atoms with E-state index in [-0.39, 0.29) is 5.91 Å². The van der Waals surface area contributed by atoms with Gasteiger partial charge in [0.25, 0.3) is 5.91 Å². The first-order chi connectivity index (χ1) is 8.22. The van der Waals surface area contributed by atoms with E-state index in [4.69, 9.17) is 0 Å². The van der Waals surface area contributed by atoms with E-state index >= 15 is 0 Å². The highest BCUT2D eigenvalue weighted by Gasteiger charge is 2.11. The number of carbonyl (C=O) groups excluding carboxylic acids is 1. The van der Waals surface area contributed by atoms with Crippen LogP contribution in [0, 0.1) is 0 Å². The standard InChI is InChI=1S/C12H12BrNOS2/c1-2-8-3-5-16-10(8)7-14-12(15)11-9(13)4-6-17-11/h3-6H,2,7H2,1H3,(H,14,15). The maximum atomic E-state index is 11.9. The summed E-state index contributed by atoms with van der Waals surface area (Å²) in [5, 5.41) is 6.93. The Balaban J connectivity index is 1.99. The van der Waals surface area contributed by atoms with Crippen LogP contribution in [0.15, 0.2) is 27.4 Å². The van der Waals surface area contributed by atoms with Gasteiger partial charge in [-0.2, -0.15) is 0 Å². The molecule has 1 N–H and O–H groups in total. The molecule has 2 heterocycles. The van der Waals surface area contributed by atoms with E-state index in [0.717, 1.165) is 15.8 Å². The first kappa shape index (κ1) is 12.8. The van der Waals surface area contributed by atoms with Crippen molar-refractivity contribution < 1.29 is 4.79 Å². The van der Waals surface area contributed by atoms with E-state index in [1.807, 2.05) is 11.4 Å². The summed E-state index contributed by atoms with van der Waals surface area (Å²) in [6.45, 7) is 2.74. The molecular formula is C12H12BrNOS2. The summed E-state index contributed by atoms with van der Waals surface area (Å²) in [7, 11) is 0. The number of aryl methyl sites for hydroxylation is 1. The highest BCUT2D eigenvalue weighted by Crippen LogP contribution is 2.23. The quantitative estimate of drug-likeness (QED) is 0.900. The van der Waals surface area contributed by atoms with Crippen molar-refractivity contribution in [3.63, 3.8) is 0 Å². The van der Waals surface area contributed by atoms with Crippen molar-refractivity contribution in [1.82, 2.24) is 5.32 Å². The third-order valence-corrected chi connectivity index (χ3v) is 5.25. The highest BCUT2D eigenvalue weighted by molar-refractivity contribution is 9.10. The Kier molecular flexibility index (Phi) is 4.36.